The van der Waals surface area contributed by atoms with Gasteiger partial charge >= 0.3 is 6.03 Å². The van der Waals surface area contributed by atoms with E-state index in [-0.39, 0.29) is 11.9 Å². The van der Waals surface area contributed by atoms with Crippen LogP contribution >= 0.6 is 0 Å². The second-order valence-electron chi connectivity index (χ2n) is 6.56. The number of carbonyl (C=O) groups excluding carboxylic acids is 2. The lowest BCUT2D eigenvalue weighted by atomic mass is 10.1. The van der Waals surface area contributed by atoms with E-state index in [1.165, 1.54) is 9.80 Å². The topological polar surface area (TPSA) is 74.2 Å². The van der Waals surface area contributed by atoms with Gasteiger partial charge in [-0.2, -0.15) is 0 Å². The normalized spacial score (nSPS) is 19.5. The molecule has 2 aromatic carbocycles. The molecule has 4 rings (SSSR count). The Balaban J connectivity index is 1.76. The molecule has 2 aromatic rings. The van der Waals surface area contributed by atoms with Crippen molar-refractivity contribution in [2.24, 2.45) is 4.99 Å². The van der Waals surface area contributed by atoms with Gasteiger partial charge < -0.3 is 10.1 Å². The minimum absolute atomic E-state index is 0.314. The summed E-state index contributed by atoms with van der Waals surface area (Å²) < 4.78 is 5.45. The second kappa shape index (κ2) is 7.34. The Morgan fingerprint density at radius 3 is 2.54 bits per heavy atom. The summed E-state index contributed by atoms with van der Waals surface area (Å²) in [6.07, 6.45) is 0.851. The lowest BCUT2D eigenvalue weighted by Crippen LogP contribution is -2.48. The van der Waals surface area contributed by atoms with Crippen LogP contribution < -0.4 is 19.9 Å². The molecule has 2 heterocycles. The molecule has 0 spiro atoms. The standard InChI is InChI=1S/C21H22N4O3/c1-3-13-22-19-18-20(26)24(14-9-11-15(12-10-14)28-4-2)21(27)25(18)17-8-6-5-7-16(17)23-19/h5-12,18H,3-4,13H2,1-2H3,(H,22,23). The Hall–Kier alpha value is -3.35. The van der Waals surface area contributed by atoms with Gasteiger partial charge in [0.25, 0.3) is 5.91 Å². The first kappa shape index (κ1) is 18.0. The molecule has 2 aliphatic rings. The molecule has 7 heteroatoms. The van der Waals surface area contributed by atoms with E-state index in [4.69, 9.17) is 4.74 Å². The van der Waals surface area contributed by atoms with Crippen LogP contribution in [0.1, 0.15) is 20.3 Å². The molecule has 0 aromatic heterocycles. The maximum atomic E-state index is 13.3. The predicted molar refractivity (Wildman–Crippen MR) is 109 cm³/mol. The molecular formula is C21H22N4O3. The number of amides is 3. The SMILES string of the molecule is CCCN=C1Nc2ccccc2N2C(=O)N(c3ccc(OCC)cc3)C(=O)C12. The van der Waals surface area contributed by atoms with Crippen molar-refractivity contribution in [3.05, 3.63) is 48.5 Å². The summed E-state index contributed by atoms with van der Waals surface area (Å²) >= 11 is 0. The van der Waals surface area contributed by atoms with Crippen LogP contribution in [0.4, 0.5) is 21.9 Å². The van der Waals surface area contributed by atoms with Gasteiger partial charge in [-0.3, -0.25) is 14.7 Å². The quantitative estimate of drug-likeness (QED) is 0.806. The third-order valence-electron chi connectivity index (χ3n) is 4.71. The van der Waals surface area contributed by atoms with Gasteiger partial charge in [0.1, 0.15) is 11.6 Å². The lowest BCUT2D eigenvalue weighted by molar-refractivity contribution is -0.116. The van der Waals surface area contributed by atoms with Gasteiger partial charge in [0.15, 0.2) is 6.04 Å². The van der Waals surface area contributed by atoms with Crippen LogP contribution in [0.3, 0.4) is 0 Å². The van der Waals surface area contributed by atoms with Crippen LogP contribution in [0, 0.1) is 0 Å². The average molecular weight is 378 g/mol. The van der Waals surface area contributed by atoms with Crippen molar-refractivity contribution in [3.63, 3.8) is 0 Å². The van der Waals surface area contributed by atoms with Crippen LogP contribution in [-0.4, -0.2) is 37.0 Å². The number of ether oxygens (including phenoxy) is 1. The number of para-hydroxylation sites is 2. The maximum absolute atomic E-state index is 13.3. The van der Waals surface area contributed by atoms with Crippen LogP contribution in [0.15, 0.2) is 53.5 Å². The fraction of sp³-hybridized carbons (Fsp3) is 0.286. The number of hydrogen-bond acceptors (Lipinski definition) is 4. The fourth-order valence-electron chi connectivity index (χ4n) is 3.48. The molecule has 1 atom stereocenters. The third-order valence-corrected chi connectivity index (χ3v) is 4.71. The number of carbonyl (C=O) groups is 2. The Bertz CT molecular complexity index is 939. The summed E-state index contributed by atoms with van der Waals surface area (Å²) in [4.78, 5) is 33.8. The van der Waals surface area contributed by atoms with E-state index in [2.05, 4.69) is 10.3 Å². The molecule has 1 saturated heterocycles. The molecule has 1 fully saturated rings. The third kappa shape index (κ3) is 2.89. The van der Waals surface area contributed by atoms with Crippen LogP contribution in [0.2, 0.25) is 0 Å². The van der Waals surface area contributed by atoms with Crippen molar-refractivity contribution in [1.29, 1.82) is 0 Å². The van der Waals surface area contributed by atoms with Crippen LogP contribution in [-0.2, 0) is 4.79 Å². The molecule has 0 saturated carbocycles. The molecule has 1 N–H and O–H groups in total. The fourth-order valence-corrected chi connectivity index (χ4v) is 3.48. The largest absolute Gasteiger partial charge is 0.494 e. The minimum atomic E-state index is -0.777. The summed E-state index contributed by atoms with van der Waals surface area (Å²) in [5, 5.41) is 3.24. The Morgan fingerprint density at radius 2 is 1.82 bits per heavy atom. The monoisotopic (exact) mass is 378 g/mol. The van der Waals surface area contributed by atoms with Crippen molar-refractivity contribution in [2.45, 2.75) is 26.3 Å². The van der Waals surface area contributed by atoms with Crippen molar-refractivity contribution >= 4 is 34.8 Å². The zero-order valence-corrected chi connectivity index (χ0v) is 15.9. The number of imide groups is 1. The van der Waals surface area contributed by atoms with E-state index in [1.807, 2.05) is 38.1 Å². The zero-order chi connectivity index (χ0) is 19.7. The number of anilines is 3. The highest BCUT2D eigenvalue weighted by molar-refractivity contribution is 6.38. The molecule has 3 amide bonds. The molecule has 144 valence electrons. The van der Waals surface area contributed by atoms with E-state index in [0.29, 0.717) is 36.1 Å². The van der Waals surface area contributed by atoms with Crippen LogP contribution in [0.5, 0.6) is 5.75 Å². The molecule has 0 bridgehead atoms. The maximum Gasteiger partial charge on any atom is 0.337 e. The Morgan fingerprint density at radius 1 is 1.07 bits per heavy atom. The lowest BCUT2D eigenvalue weighted by Gasteiger charge is -2.31. The van der Waals surface area contributed by atoms with Gasteiger partial charge in [-0.1, -0.05) is 19.1 Å². The Kier molecular flexibility index (Phi) is 4.73. The second-order valence-corrected chi connectivity index (χ2v) is 6.56. The van der Waals surface area contributed by atoms with E-state index in [9.17, 15) is 9.59 Å². The summed E-state index contributed by atoms with van der Waals surface area (Å²) in [5.74, 6) is 0.888. The van der Waals surface area contributed by atoms with Gasteiger partial charge in [0.2, 0.25) is 0 Å². The van der Waals surface area contributed by atoms with Gasteiger partial charge in [0, 0.05) is 6.54 Å². The average Bonchev–Trinajstić information content (AvgIpc) is 2.98. The van der Waals surface area contributed by atoms with Gasteiger partial charge in [-0.25, -0.2) is 9.69 Å². The molecule has 7 nitrogen and oxygen atoms in total. The summed E-state index contributed by atoms with van der Waals surface area (Å²) in [7, 11) is 0. The zero-order valence-electron chi connectivity index (χ0n) is 15.9. The Labute approximate surface area is 163 Å². The number of fused-ring (bicyclic) bond motifs is 3. The van der Waals surface area contributed by atoms with Crippen molar-refractivity contribution < 1.29 is 14.3 Å². The highest BCUT2D eigenvalue weighted by Gasteiger charge is 2.52. The number of benzene rings is 2. The first-order chi connectivity index (χ1) is 13.7. The van der Waals surface area contributed by atoms with Crippen molar-refractivity contribution in [1.82, 2.24) is 0 Å². The summed E-state index contributed by atoms with van der Waals surface area (Å²) in [6, 6.07) is 13.3. The molecule has 0 aliphatic carbocycles. The highest BCUT2D eigenvalue weighted by atomic mass is 16.5. The molecule has 28 heavy (non-hydrogen) atoms. The van der Waals surface area contributed by atoms with E-state index >= 15 is 0 Å². The van der Waals surface area contributed by atoms with E-state index in [0.717, 1.165) is 12.1 Å². The number of nitrogens with one attached hydrogen (secondary N) is 1. The van der Waals surface area contributed by atoms with Gasteiger partial charge in [0.05, 0.1) is 23.7 Å². The predicted octanol–water partition coefficient (Wildman–Crippen LogP) is 3.66. The molecule has 2 aliphatic heterocycles. The smallest absolute Gasteiger partial charge is 0.337 e. The number of aliphatic imine (C=N–C) groups is 1. The first-order valence-electron chi connectivity index (χ1n) is 9.46. The number of rotatable bonds is 5. The van der Waals surface area contributed by atoms with Crippen molar-refractivity contribution in [2.75, 3.05) is 28.3 Å². The number of hydrogen-bond donors (Lipinski definition) is 1. The first-order valence-corrected chi connectivity index (χ1v) is 9.46. The van der Waals surface area contributed by atoms with Gasteiger partial charge in [-0.15, -0.1) is 0 Å². The summed E-state index contributed by atoms with van der Waals surface area (Å²) in [5.41, 5.74) is 1.96. The number of urea groups is 1. The van der Waals surface area contributed by atoms with Crippen molar-refractivity contribution in [3.8, 4) is 5.75 Å². The van der Waals surface area contributed by atoms with Gasteiger partial charge in [-0.05, 0) is 49.7 Å². The summed E-state index contributed by atoms with van der Waals surface area (Å²) in [6.45, 7) is 5.06. The number of nitrogens with zero attached hydrogens (tertiary/aromatic N) is 3. The van der Waals surface area contributed by atoms with Crippen LogP contribution in [0.25, 0.3) is 0 Å². The van der Waals surface area contributed by atoms with E-state index in [1.54, 1.807) is 24.3 Å². The highest BCUT2D eigenvalue weighted by Crippen LogP contribution is 2.38. The molecular weight excluding hydrogens is 356 g/mol. The van der Waals surface area contributed by atoms with E-state index < -0.39 is 6.04 Å². The molecule has 0 radical (unpaired) electrons. The number of amidine groups is 1. The minimum Gasteiger partial charge on any atom is -0.494 e. The molecule has 1 unspecified atom stereocenters.